The number of hydrogen-bond acceptors (Lipinski definition) is 20. The molecule has 20 nitrogen and oxygen atoms in total. The van der Waals surface area contributed by atoms with E-state index < -0.39 is 113 Å². The van der Waals surface area contributed by atoms with E-state index in [4.69, 9.17) is 91.2 Å². The zero-order chi connectivity index (χ0) is 112. The van der Waals surface area contributed by atoms with Gasteiger partial charge in [0.25, 0.3) is 0 Å². The summed E-state index contributed by atoms with van der Waals surface area (Å²) >= 11 is 0. The lowest BCUT2D eigenvalue weighted by Gasteiger charge is -2.47. The minimum atomic E-state index is -3.21. The highest BCUT2D eigenvalue weighted by atomic mass is 16.5. The molecule has 0 radical (unpaired) electrons. The number of piperidine rings is 5. The molecule has 5 saturated heterocycles. The number of ether oxygens (including phenoxy) is 10. The van der Waals surface area contributed by atoms with Crippen molar-refractivity contribution in [3.63, 3.8) is 0 Å². The number of aliphatic hydroxyl groups excluding tert-OH is 5. The molecule has 5 aromatic rings. The summed E-state index contributed by atoms with van der Waals surface area (Å²) in [6, 6.07) is -0.633. The van der Waals surface area contributed by atoms with Gasteiger partial charge in [-0.1, -0.05) is 82.8 Å². The van der Waals surface area contributed by atoms with Crippen LogP contribution in [0.5, 0.6) is 57.5 Å². The summed E-state index contributed by atoms with van der Waals surface area (Å²) in [4.78, 5) is 10.6. The monoisotopic (exact) mass is 1660 g/mol. The maximum Gasteiger partial charge on any atom is 0.161 e. The quantitative estimate of drug-likeness (QED) is 0.0552. The Kier molecular flexibility index (Phi) is 19.6. The largest absolute Gasteiger partial charge is 0.493 e. The van der Waals surface area contributed by atoms with Gasteiger partial charge in [-0.25, -0.2) is 0 Å². The average molecular weight is 1660 g/mol. The number of nitrogens with zero attached hydrogens (tertiary/aromatic N) is 5. The van der Waals surface area contributed by atoms with E-state index in [9.17, 15) is 25.5 Å². The molecule has 0 aromatic heterocycles. The van der Waals surface area contributed by atoms with Crippen LogP contribution in [0, 0.1) is 58.2 Å². The summed E-state index contributed by atoms with van der Waals surface area (Å²) in [7, 11) is 5.70. The first kappa shape index (κ1) is 57.1. The molecule has 652 valence electrons. The summed E-state index contributed by atoms with van der Waals surface area (Å²) in [6.07, 6.45) is -2.64. The van der Waals surface area contributed by atoms with Crippen LogP contribution < -0.4 is 47.4 Å². The Morgan fingerprint density at radius 1 is 0.325 bits per heavy atom. The summed E-state index contributed by atoms with van der Waals surface area (Å²) < 4.78 is 312. The van der Waals surface area contributed by atoms with E-state index in [1.165, 1.54) is 56.9 Å². The number of benzene rings is 5. The number of methoxy groups -OCH3 is 10. The van der Waals surface area contributed by atoms with Crippen LogP contribution in [0.25, 0.3) is 0 Å². The predicted molar refractivity (Wildman–Crippen MR) is 465 cm³/mol. The van der Waals surface area contributed by atoms with Gasteiger partial charge in [-0.3, -0.25) is 24.5 Å². The van der Waals surface area contributed by atoms with Crippen LogP contribution in [0.2, 0.25) is 0 Å². The fourth-order valence-electron chi connectivity index (χ4n) is 19.3. The van der Waals surface area contributed by atoms with Crippen molar-refractivity contribution in [2.24, 2.45) is 58.2 Å². The summed E-state index contributed by atoms with van der Waals surface area (Å²) in [5.41, 5.74) is 0.937. The van der Waals surface area contributed by atoms with Gasteiger partial charge < -0.3 is 72.9 Å². The highest BCUT2D eigenvalue weighted by Crippen LogP contribution is 2.51. The minimum Gasteiger partial charge on any atom is -0.493 e. The SMILES string of the molecule is [2H]c1c2c(c([2H])c(OC([2H])([2H])[2H])c1OC)C1CC(O)C(C([2H])([2H])C(C)(C([2H])([2H])[2H])C([2H])([2H])[2H])CN1CC2.[2H]c1c2c(c([2H])c(OC([2H])([2H])[2H])c1OC)C1CC(O)C(CC(C)C)CN1CC2.[2H]c1c2c(c([2H])c(OC)c1OC)C1CC(O)C(C([2H])([2H])C(C)(C([2H])([2H])[2H])C([2H])([2H])[2H])CN1CC2.[2H]c1c2c(c([2H])c(OC)c1OC)C1CC(O)C(CC(C)C)CN1CC2.[2H]c1c2c(c([2H])c(OC)c1OC)C1CC(O)C(CC(C)C)CN1CC2. The zero-order valence-corrected chi connectivity index (χ0v) is 71.2. The molecule has 117 heavy (non-hydrogen) atoms. The molecule has 0 saturated carbocycles. The van der Waals surface area contributed by atoms with Crippen LogP contribution in [0.15, 0.2) is 60.4 Å². The fraction of sp³-hybridized carbons (Fsp3) is 0.691. The standard InChI is InChI=1S/2C20H31NO3.3C19H29NO3/c2*1-20(2,3)11-14-12-21-7-6-13-8-18(23-4)19(24-5)9-15(13)16(21)10-17(14)22;3*1-12(2)7-14-11-20-6-5-13-8-18(22-3)19(23-4)9-15(13)16(20)10-17(14)21/h2*8-9,14,16-17,22H,6-7,10-12H2,1-5H3;3*8-9,12,14,16-17,21H,5-7,10-11H2,1-4H3/i1D3,2D3,5D3,8D,9D,11D2;1D3,2D3,8D,9D,11D2;4D3,8D,9D;2*8D,9D. The molecule has 15 unspecified atom stereocenters. The summed E-state index contributed by atoms with van der Waals surface area (Å²) in [6.45, 7) is 7.31. The van der Waals surface area contributed by atoms with E-state index in [0.717, 1.165) is 107 Å². The molecule has 15 atom stereocenters. The van der Waals surface area contributed by atoms with Crippen molar-refractivity contribution in [2.75, 3.05) is 136 Å². The molecular formula is C97H149N5O15. The summed E-state index contributed by atoms with van der Waals surface area (Å²) in [5.74, 6) is 0.366. The van der Waals surface area contributed by atoms with Gasteiger partial charge in [-0.15, -0.1) is 0 Å². The molecule has 15 rings (SSSR count). The smallest absolute Gasteiger partial charge is 0.161 e. The second kappa shape index (κ2) is 40.1. The Hall–Kier alpha value is -6.30. The predicted octanol–water partition coefficient (Wildman–Crippen LogP) is 15.9. The first-order valence-electron chi connectivity index (χ1n) is 57.5. The fourth-order valence-corrected chi connectivity index (χ4v) is 19.3. The van der Waals surface area contributed by atoms with Crippen molar-refractivity contribution in [2.45, 2.75) is 240 Å². The highest BCUT2D eigenvalue weighted by Gasteiger charge is 2.45. The zero-order valence-electron chi connectivity index (χ0n) is 103. The van der Waals surface area contributed by atoms with Gasteiger partial charge in [0.1, 0.15) is 0 Å². The first-order chi connectivity index (χ1) is 68.8. The Labute approximate surface area is 747 Å². The lowest BCUT2D eigenvalue weighted by Crippen LogP contribution is -2.48. The van der Waals surface area contributed by atoms with Gasteiger partial charge in [0.05, 0.1) is 123 Å². The minimum absolute atomic E-state index is 0.0117. The molecule has 0 aliphatic carbocycles. The molecule has 5 aromatic carbocycles. The molecule has 0 bridgehead atoms. The van der Waals surface area contributed by atoms with Crippen molar-refractivity contribution >= 4 is 0 Å². The highest BCUT2D eigenvalue weighted by molar-refractivity contribution is 5.54. The second-order valence-electron chi connectivity index (χ2n) is 34.6. The third-order valence-electron chi connectivity index (χ3n) is 24.6. The van der Waals surface area contributed by atoms with Crippen molar-refractivity contribution in [1.29, 1.82) is 0 Å². The number of hydrogen-bond donors (Lipinski definition) is 5. The van der Waals surface area contributed by atoms with Gasteiger partial charge in [-0.05, 0) is 270 Å². The Bertz CT molecular complexity index is 5410. The molecule has 20 heteroatoms. The van der Waals surface area contributed by atoms with Gasteiger partial charge in [-0.2, -0.15) is 0 Å². The van der Waals surface area contributed by atoms with E-state index >= 15 is 0 Å². The van der Waals surface area contributed by atoms with E-state index in [1.54, 1.807) is 4.90 Å². The molecule has 10 aliphatic heterocycles. The number of fused-ring (bicyclic) bond motifs is 15. The van der Waals surface area contributed by atoms with Crippen molar-refractivity contribution in [3.8, 4) is 57.5 Å². The third-order valence-corrected chi connectivity index (χ3v) is 24.6. The van der Waals surface area contributed by atoms with E-state index in [0.29, 0.717) is 131 Å². The molecule has 0 amide bonds. The lowest BCUT2D eigenvalue weighted by molar-refractivity contribution is -0.0259. The van der Waals surface area contributed by atoms with Crippen LogP contribution in [0.4, 0.5) is 0 Å². The Morgan fingerprint density at radius 2 is 0.513 bits per heavy atom. The topological polar surface area (TPSA) is 210 Å². The van der Waals surface area contributed by atoms with E-state index in [1.807, 2.05) is 4.90 Å². The van der Waals surface area contributed by atoms with Crippen LogP contribution in [0.3, 0.4) is 0 Å². The van der Waals surface area contributed by atoms with Crippen molar-refractivity contribution in [3.05, 3.63) is 116 Å². The van der Waals surface area contributed by atoms with Crippen LogP contribution >= 0.6 is 0 Å². The second-order valence-corrected chi connectivity index (χ2v) is 34.6. The van der Waals surface area contributed by atoms with Gasteiger partial charge >= 0.3 is 0 Å². The van der Waals surface area contributed by atoms with E-state index in [2.05, 4.69) is 56.2 Å². The maximum atomic E-state index is 11.1. The number of aliphatic hydroxyl groups is 5. The van der Waals surface area contributed by atoms with Crippen LogP contribution in [-0.2, 0) is 32.1 Å². The molecule has 5 fully saturated rings. The van der Waals surface area contributed by atoms with Gasteiger partial charge in [0.2, 0.25) is 0 Å². The summed E-state index contributed by atoms with van der Waals surface area (Å²) in [5, 5.41) is 54.2. The Morgan fingerprint density at radius 3 is 0.701 bits per heavy atom. The average Bonchev–Trinajstić information content (AvgIpc) is 0.703. The normalized spacial score (nSPS) is 32.3. The van der Waals surface area contributed by atoms with Crippen molar-refractivity contribution < 1.29 is 117 Å². The maximum absolute atomic E-state index is 11.1. The molecular weight excluding hydrogens is 1480 g/mol. The molecule has 10 heterocycles. The first-order valence-corrected chi connectivity index (χ1v) is 41.5. The van der Waals surface area contributed by atoms with Gasteiger partial charge in [0.15, 0.2) is 57.5 Å². The van der Waals surface area contributed by atoms with Crippen LogP contribution in [-0.4, -0.2) is 217 Å². The molecule has 10 aliphatic rings. The van der Waals surface area contributed by atoms with E-state index in [-0.39, 0.29) is 158 Å². The molecule has 0 spiro atoms. The molecule has 5 N–H and O–H groups in total. The Balaban J connectivity index is 0.000000178. The van der Waals surface area contributed by atoms with Crippen molar-refractivity contribution in [1.82, 2.24) is 24.5 Å². The van der Waals surface area contributed by atoms with Gasteiger partial charge in [0, 0.05) is 118 Å². The van der Waals surface area contributed by atoms with Crippen LogP contribution in [0.1, 0.15) is 277 Å². The number of rotatable bonds is 18. The third kappa shape index (κ3) is 22.0. The lowest BCUT2D eigenvalue weighted by atomic mass is 9.75.